The number of sulfonamides is 1. The first kappa shape index (κ1) is 12.4. The van der Waals surface area contributed by atoms with Crippen LogP contribution in [0.2, 0.25) is 0 Å². The van der Waals surface area contributed by atoms with Crippen molar-refractivity contribution in [2.75, 3.05) is 6.61 Å². The normalized spacial score (nSPS) is 18.5. The van der Waals surface area contributed by atoms with Crippen molar-refractivity contribution in [1.82, 2.24) is 4.72 Å². The second-order valence-electron chi connectivity index (χ2n) is 4.72. The third-order valence-corrected chi connectivity index (χ3v) is 5.61. The highest BCUT2D eigenvalue weighted by molar-refractivity contribution is 9.10. The molecule has 18 heavy (non-hydrogen) atoms. The summed E-state index contributed by atoms with van der Waals surface area (Å²) >= 11 is 3.44. The quantitative estimate of drug-likeness (QED) is 0.917. The molecular weight excluding hydrogens is 318 g/mol. The van der Waals surface area contributed by atoms with Crippen LogP contribution in [0.1, 0.15) is 24.0 Å². The number of fused-ring (bicyclic) bond motifs is 1. The molecule has 0 bridgehead atoms. The number of hydrogen-bond acceptors (Lipinski definition) is 3. The van der Waals surface area contributed by atoms with Gasteiger partial charge < -0.3 is 4.74 Å². The molecule has 98 valence electrons. The van der Waals surface area contributed by atoms with Crippen molar-refractivity contribution in [2.24, 2.45) is 0 Å². The van der Waals surface area contributed by atoms with Crippen LogP contribution >= 0.6 is 15.9 Å². The van der Waals surface area contributed by atoms with E-state index in [1.54, 1.807) is 0 Å². The smallest absolute Gasteiger partial charge is 0.214 e. The third kappa shape index (κ3) is 2.41. The maximum absolute atomic E-state index is 11.8. The van der Waals surface area contributed by atoms with Crippen LogP contribution in [0.4, 0.5) is 0 Å². The van der Waals surface area contributed by atoms with Crippen LogP contribution in [0.25, 0.3) is 0 Å². The van der Waals surface area contributed by atoms with Crippen LogP contribution in [0, 0.1) is 0 Å². The molecular formula is C12H14BrNO3S. The average Bonchev–Trinajstić information content (AvgIpc) is 3.07. The first-order valence-electron chi connectivity index (χ1n) is 5.99. The number of hydrogen-bond donors (Lipinski definition) is 1. The lowest BCUT2D eigenvalue weighted by Crippen LogP contribution is -2.26. The van der Waals surface area contributed by atoms with Gasteiger partial charge in [-0.3, -0.25) is 0 Å². The fourth-order valence-corrected chi connectivity index (χ4v) is 4.05. The average molecular weight is 332 g/mol. The topological polar surface area (TPSA) is 55.4 Å². The Labute approximate surface area is 115 Å². The third-order valence-electron chi connectivity index (χ3n) is 3.25. The number of ether oxygens (including phenoxy) is 1. The van der Waals surface area contributed by atoms with E-state index in [2.05, 4.69) is 20.7 Å². The SMILES string of the molecule is O=S(=O)(NCc1cc(Br)cc2c1OCC2)C1CC1. The number of nitrogens with one attached hydrogen (secondary N) is 1. The second kappa shape index (κ2) is 4.51. The van der Waals surface area contributed by atoms with E-state index in [0.29, 0.717) is 13.2 Å². The van der Waals surface area contributed by atoms with Crippen molar-refractivity contribution in [2.45, 2.75) is 31.1 Å². The van der Waals surface area contributed by atoms with E-state index in [-0.39, 0.29) is 5.25 Å². The molecule has 2 aliphatic rings. The molecule has 0 unspecified atom stereocenters. The summed E-state index contributed by atoms with van der Waals surface area (Å²) in [6.45, 7) is 0.981. The van der Waals surface area contributed by atoms with Gasteiger partial charge in [-0.2, -0.15) is 0 Å². The minimum atomic E-state index is -3.14. The summed E-state index contributed by atoms with van der Waals surface area (Å²) in [4.78, 5) is 0. The maximum atomic E-state index is 11.8. The van der Waals surface area contributed by atoms with Crippen molar-refractivity contribution in [3.8, 4) is 5.75 Å². The summed E-state index contributed by atoms with van der Waals surface area (Å²) in [6, 6.07) is 3.95. The molecule has 1 aliphatic heterocycles. The van der Waals surface area contributed by atoms with Gasteiger partial charge in [0.25, 0.3) is 0 Å². The lowest BCUT2D eigenvalue weighted by atomic mass is 10.1. The van der Waals surface area contributed by atoms with Crippen molar-refractivity contribution in [1.29, 1.82) is 0 Å². The molecule has 1 heterocycles. The monoisotopic (exact) mass is 331 g/mol. The molecule has 4 nitrogen and oxygen atoms in total. The molecule has 6 heteroatoms. The highest BCUT2D eigenvalue weighted by Gasteiger charge is 2.35. The van der Waals surface area contributed by atoms with Crippen LogP contribution in [-0.4, -0.2) is 20.3 Å². The van der Waals surface area contributed by atoms with Gasteiger partial charge in [0.2, 0.25) is 10.0 Å². The van der Waals surface area contributed by atoms with Crippen LogP contribution in [0.15, 0.2) is 16.6 Å². The number of halogens is 1. The minimum Gasteiger partial charge on any atom is -0.493 e. The van der Waals surface area contributed by atoms with Gasteiger partial charge in [0.15, 0.2) is 0 Å². The summed E-state index contributed by atoms with van der Waals surface area (Å²) in [5.41, 5.74) is 2.05. The summed E-state index contributed by atoms with van der Waals surface area (Å²) in [6.07, 6.45) is 2.45. The van der Waals surface area contributed by atoms with E-state index >= 15 is 0 Å². The molecule has 1 aliphatic carbocycles. The first-order valence-corrected chi connectivity index (χ1v) is 8.33. The molecule has 1 saturated carbocycles. The molecule has 0 amide bonds. The van der Waals surface area contributed by atoms with Crippen LogP contribution in [0.5, 0.6) is 5.75 Å². The zero-order chi connectivity index (χ0) is 12.8. The van der Waals surface area contributed by atoms with Gasteiger partial charge in [0.05, 0.1) is 11.9 Å². The summed E-state index contributed by atoms with van der Waals surface area (Å²) in [5.74, 6) is 0.844. The van der Waals surface area contributed by atoms with Gasteiger partial charge in [-0.05, 0) is 30.5 Å². The lowest BCUT2D eigenvalue weighted by Gasteiger charge is -2.10. The molecule has 3 rings (SSSR count). The molecule has 1 aromatic carbocycles. The molecule has 1 aromatic rings. The van der Waals surface area contributed by atoms with Crippen molar-refractivity contribution in [3.05, 3.63) is 27.7 Å². The van der Waals surface area contributed by atoms with Gasteiger partial charge in [0.1, 0.15) is 5.75 Å². The number of rotatable bonds is 4. The molecule has 1 N–H and O–H groups in total. The Morgan fingerprint density at radius 3 is 2.89 bits per heavy atom. The number of benzene rings is 1. The van der Waals surface area contributed by atoms with E-state index in [0.717, 1.165) is 40.6 Å². The van der Waals surface area contributed by atoms with Gasteiger partial charge in [-0.1, -0.05) is 15.9 Å². The largest absolute Gasteiger partial charge is 0.493 e. The lowest BCUT2D eigenvalue weighted by molar-refractivity contribution is 0.353. The minimum absolute atomic E-state index is 0.182. The van der Waals surface area contributed by atoms with E-state index < -0.39 is 10.0 Å². The predicted octanol–water partition coefficient (Wildman–Crippen LogP) is 1.97. The summed E-state index contributed by atoms with van der Waals surface area (Å²) in [5, 5.41) is -0.182. The van der Waals surface area contributed by atoms with E-state index in [1.165, 1.54) is 0 Å². The Bertz CT molecular complexity index is 581. The van der Waals surface area contributed by atoms with E-state index in [1.807, 2.05) is 12.1 Å². The Kier molecular flexibility index (Phi) is 3.11. The van der Waals surface area contributed by atoms with Crippen molar-refractivity contribution >= 4 is 26.0 Å². The second-order valence-corrected chi connectivity index (χ2v) is 7.68. The molecule has 0 saturated heterocycles. The van der Waals surface area contributed by atoms with Crippen molar-refractivity contribution < 1.29 is 13.2 Å². The summed E-state index contributed by atoms with van der Waals surface area (Å²) in [7, 11) is -3.14. The van der Waals surface area contributed by atoms with E-state index in [9.17, 15) is 8.42 Å². The maximum Gasteiger partial charge on any atom is 0.214 e. The fraction of sp³-hybridized carbons (Fsp3) is 0.500. The highest BCUT2D eigenvalue weighted by Crippen LogP contribution is 2.33. The molecule has 1 fully saturated rings. The van der Waals surface area contributed by atoms with Gasteiger partial charge >= 0.3 is 0 Å². The molecule has 0 spiro atoms. The first-order chi connectivity index (χ1) is 8.56. The van der Waals surface area contributed by atoms with Crippen molar-refractivity contribution in [3.63, 3.8) is 0 Å². The Morgan fingerprint density at radius 1 is 1.39 bits per heavy atom. The van der Waals surface area contributed by atoms with E-state index in [4.69, 9.17) is 4.74 Å². The molecule has 0 aromatic heterocycles. The Hall–Kier alpha value is -0.590. The standard InChI is InChI=1S/C12H14BrNO3S/c13-10-5-8-3-4-17-12(8)9(6-10)7-14-18(15,16)11-1-2-11/h5-6,11,14H,1-4,7H2. The van der Waals surface area contributed by atoms with Crippen LogP contribution in [-0.2, 0) is 23.0 Å². The zero-order valence-electron chi connectivity index (χ0n) is 9.78. The van der Waals surface area contributed by atoms with Gasteiger partial charge in [0, 0.05) is 23.0 Å². The Morgan fingerprint density at radius 2 is 2.17 bits per heavy atom. The van der Waals surface area contributed by atoms with Gasteiger partial charge in [-0.15, -0.1) is 0 Å². The predicted molar refractivity (Wildman–Crippen MR) is 72.1 cm³/mol. The van der Waals surface area contributed by atoms with Crippen LogP contribution < -0.4 is 9.46 Å². The molecule has 0 radical (unpaired) electrons. The summed E-state index contributed by atoms with van der Waals surface area (Å²) < 4.78 is 32.8. The van der Waals surface area contributed by atoms with Crippen LogP contribution in [0.3, 0.4) is 0 Å². The van der Waals surface area contributed by atoms with Gasteiger partial charge in [-0.25, -0.2) is 13.1 Å². The fourth-order valence-electron chi connectivity index (χ4n) is 2.15. The zero-order valence-corrected chi connectivity index (χ0v) is 12.2. The Balaban J connectivity index is 1.80. The molecule has 0 atom stereocenters. The highest BCUT2D eigenvalue weighted by atomic mass is 79.9.